The summed E-state index contributed by atoms with van der Waals surface area (Å²) in [5.74, 6) is 1.63. The van der Waals surface area contributed by atoms with Crippen molar-refractivity contribution >= 4 is 24.0 Å². The quantitative estimate of drug-likeness (QED) is 0.924. The number of nitrogens with one attached hydrogen (secondary N) is 1. The Labute approximate surface area is 132 Å². The molecule has 2 unspecified atom stereocenters. The number of benzene rings is 1. The number of likely N-dealkylation sites (tertiary alicyclic amines) is 1. The van der Waals surface area contributed by atoms with Gasteiger partial charge < -0.3 is 10.1 Å². The molecule has 2 atom stereocenters. The van der Waals surface area contributed by atoms with Crippen LogP contribution in [0, 0.1) is 5.92 Å². The van der Waals surface area contributed by atoms with Gasteiger partial charge in [0, 0.05) is 19.1 Å². The van der Waals surface area contributed by atoms with Crippen LogP contribution in [0.3, 0.4) is 0 Å². The monoisotopic (exact) mass is 316 g/mol. The molecule has 2 saturated heterocycles. The Hall–Kier alpha value is -0.480. The molecule has 0 bridgehead atoms. The number of piperidine rings is 1. The second-order valence-corrected chi connectivity index (χ2v) is 5.88. The Morgan fingerprint density at radius 1 is 1.30 bits per heavy atom. The fourth-order valence-corrected chi connectivity index (χ4v) is 3.36. The van der Waals surface area contributed by atoms with Crippen molar-refractivity contribution in [3.05, 3.63) is 29.3 Å². The van der Waals surface area contributed by atoms with Crippen LogP contribution in [0.25, 0.3) is 0 Å². The first-order valence-electron chi connectivity index (χ1n) is 7.16. The van der Waals surface area contributed by atoms with Crippen molar-refractivity contribution in [3.8, 4) is 5.75 Å². The zero-order valence-electron chi connectivity index (χ0n) is 11.6. The predicted octanol–water partition coefficient (Wildman–Crippen LogP) is 2.82. The number of hydrogen-bond donors (Lipinski definition) is 1. The number of hydrogen-bond acceptors (Lipinski definition) is 3. The molecule has 0 amide bonds. The second kappa shape index (κ2) is 7.51. The van der Waals surface area contributed by atoms with Gasteiger partial charge in [0.15, 0.2) is 0 Å². The third kappa shape index (κ3) is 3.79. The molecule has 0 saturated carbocycles. The lowest BCUT2D eigenvalue weighted by atomic mass is 9.93. The van der Waals surface area contributed by atoms with Gasteiger partial charge in [-0.15, -0.1) is 12.4 Å². The number of halogens is 2. The highest BCUT2D eigenvalue weighted by atomic mass is 35.5. The Bertz CT molecular complexity index is 430. The van der Waals surface area contributed by atoms with E-state index in [4.69, 9.17) is 16.3 Å². The van der Waals surface area contributed by atoms with Crippen LogP contribution in [0.2, 0.25) is 5.02 Å². The molecule has 2 fully saturated rings. The van der Waals surface area contributed by atoms with E-state index in [9.17, 15) is 0 Å². The standard InChI is InChI=1S/C15H21ClN2O.ClH/c16-13-3-1-2-4-15(13)19-10-9-18-8-6-14-12(11-18)5-7-17-14;/h1-4,12,14,17H,5-11H2;1H. The molecule has 0 aliphatic carbocycles. The Kier molecular flexibility index (Phi) is 5.97. The molecular weight excluding hydrogens is 295 g/mol. The van der Waals surface area contributed by atoms with Crippen molar-refractivity contribution < 1.29 is 4.74 Å². The average molecular weight is 317 g/mol. The summed E-state index contributed by atoms with van der Waals surface area (Å²) in [7, 11) is 0. The summed E-state index contributed by atoms with van der Waals surface area (Å²) >= 11 is 6.07. The van der Waals surface area contributed by atoms with E-state index in [0.717, 1.165) is 24.3 Å². The maximum absolute atomic E-state index is 6.07. The maximum atomic E-state index is 6.07. The van der Waals surface area contributed by atoms with Gasteiger partial charge >= 0.3 is 0 Å². The molecule has 2 aliphatic heterocycles. The van der Waals surface area contributed by atoms with Gasteiger partial charge in [0.05, 0.1) is 5.02 Å². The lowest BCUT2D eigenvalue weighted by molar-refractivity contribution is 0.138. The molecule has 3 rings (SSSR count). The van der Waals surface area contributed by atoms with E-state index in [1.54, 1.807) is 0 Å². The summed E-state index contributed by atoms with van der Waals surface area (Å²) in [5, 5.41) is 4.29. The third-order valence-electron chi connectivity index (χ3n) is 4.24. The van der Waals surface area contributed by atoms with Crippen molar-refractivity contribution in [3.63, 3.8) is 0 Å². The molecule has 1 aromatic carbocycles. The zero-order chi connectivity index (χ0) is 13.1. The fraction of sp³-hybridized carbons (Fsp3) is 0.600. The molecule has 0 spiro atoms. The molecule has 2 heterocycles. The third-order valence-corrected chi connectivity index (χ3v) is 4.55. The highest BCUT2D eigenvalue weighted by Crippen LogP contribution is 2.25. The van der Waals surface area contributed by atoms with Crippen molar-refractivity contribution in [1.82, 2.24) is 10.2 Å². The molecule has 0 aromatic heterocycles. The van der Waals surface area contributed by atoms with Gasteiger partial charge in [-0.3, -0.25) is 4.90 Å². The van der Waals surface area contributed by atoms with Gasteiger partial charge in [0.2, 0.25) is 0 Å². The first-order valence-corrected chi connectivity index (χ1v) is 7.54. The van der Waals surface area contributed by atoms with Gasteiger partial charge in [-0.25, -0.2) is 0 Å². The van der Waals surface area contributed by atoms with E-state index < -0.39 is 0 Å². The fourth-order valence-electron chi connectivity index (χ4n) is 3.17. The molecule has 0 radical (unpaired) electrons. The van der Waals surface area contributed by atoms with Crippen LogP contribution in [0.4, 0.5) is 0 Å². The van der Waals surface area contributed by atoms with Crippen molar-refractivity contribution in [2.24, 2.45) is 5.92 Å². The molecule has 1 N–H and O–H groups in total. The normalized spacial score (nSPS) is 25.9. The van der Waals surface area contributed by atoms with E-state index in [-0.39, 0.29) is 12.4 Å². The summed E-state index contributed by atoms with van der Waals surface area (Å²) in [6, 6.07) is 8.44. The number of para-hydroxylation sites is 1. The molecule has 2 aliphatic rings. The molecule has 20 heavy (non-hydrogen) atoms. The van der Waals surface area contributed by atoms with E-state index in [1.807, 2.05) is 24.3 Å². The summed E-state index contributed by atoms with van der Waals surface area (Å²) in [4.78, 5) is 2.52. The van der Waals surface area contributed by atoms with E-state index >= 15 is 0 Å². The molecule has 112 valence electrons. The second-order valence-electron chi connectivity index (χ2n) is 5.48. The number of rotatable bonds is 4. The lowest BCUT2D eigenvalue weighted by Crippen LogP contribution is -2.45. The minimum Gasteiger partial charge on any atom is -0.491 e. The summed E-state index contributed by atoms with van der Waals surface area (Å²) in [5.41, 5.74) is 0. The van der Waals surface area contributed by atoms with Crippen LogP contribution in [-0.4, -0.2) is 43.7 Å². The lowest BCUT2D eigenvalue weighted by Gasteiger charge is -2.34. The molecule has 5 heteroatoms. The molecule has 3 nitrogen and oxygen atoms in total. The Morgan fingerprint density at radius 3 is 3.00 bits per heavy atom. The maximum Gasteiger partial charge on any atom is 0.137 e. The van der Waals surface area contributed by atoms with Gasteiger partial charge in [0.1, 0.15) is 12.4 Å². The van der Waals surface area contributed by atoms with Gasteiger partial charge in [-0.2, -0.15) is 0 Å². The Morgan fingerprint density at radius 2 is 2.15 bits per heavy atom. The Balaban J connectivity index is 0.00000147. The average Bonchev–Trinajstić information content (AvgIpc) is 2.88. The summed E-state index contributed by atoms with van der Waals surface area (Å²) in [6.45, 7) is 5.30. The summed E-state index contributed by atoms with van der Waals surface area (Å²) < 4.78 is 5.76. The SMILES string of the molecule is Cl.Clc1ccccc1OCCN1CCC2NCCC2C1. The topological polar surface area (TPSA) is 24.5 Å². The minimum absolute atomic E-state index is 0. The van der Waals surface area contributed by atoms with Crippen LogP contribution in [0.15, 0.2) is 24.3 Å². The zero-order valence-corrected chi connectivity index (χ0v) is 13.1. The van der Waals surface area contributed by atoms with Crippen LogP contribution in [-0.2, 0) is 0 Å². The van der Waals surface area contributed by atoms with Gasteiger partial charge in [-0.05, 0) is 44.0 Å². The van der Waals surface area contributed by atoms with E-state index in [2.05, 4.69) is 10.2 Å². The first-order chi connectivity index (χ1) is 9.33. The predicted molar refractivity (Wildman–Crippen MR) is 85.1 cm³/mol. The van der Waals surface area contributed by atoms with E-state index in [1.165, 1.54) is 32.5 Å². The number of nitrogens with zero attached hydrogens (tertiary/aromatic N) is 1. The largest absolute Gasteiger partial charge is 0.491 e. The van der Waals surface area contributed by atoms with Crippen LogP contribution < -0.4 is 10.1 Å². The minimum atomic E-state index is 0. The highest BCUT2D eigenvalue weighted by molar-refractivity contribution is 6.32. The van der Waals surface area contributed by atoms with Crippen LogP contribution >= 0.6 is 24.0 Å². The van der Waals surface area contributed by atoms with Crippen molar-refractivity contribution in [1.29, 1.82) is 0 Å². The summed E-state index contributed by atoms with van der Waals surface area (Å²) in [6.07, 6.45) is 2.60. The number of ether oxygens (including phenoxy) is 1. The molecule has 1 aromatic rings. The smallest absolute Gasteiger partial charge is 0.137 e. The number of fused-ring (bicyclic) bond motifs is 1. The van der Waals surface area contributed by atoms with Crippen molar-refractivity contribution in [2.75, 3.05) is 32.8 Å². The van der Waals surface area contributed by atoms with Crippen molar-refractivity contribution in [2.45, 2.75) is 18.9 Å². The van der Waals surface area contributed by atoms with Gasteiger partial charge in [0.25, 0.3) is 0 Å². The van der Waals surface area contributed by atoms with E-state index in [0.29, 0.717) is 11.6 Å². The van der Waals surface area contributed by atoms with Crippen LogP contribution in [0.5, 0.6) is 5.75 Å². The highest BCUT2D eigenvalue weighted by Gasteiger charge is 2.32. The van der Waals surface area contributed by atoms with Gasteiger partial charge in [-0.1, -0.05) is 23.7 Å². The first kappa shape index (κ1) is 15.9. The van der Waals surface area contributed by atoms with Crippen LogP contribution in [0.1, 0.15) is 12.8 Å². The molecular formula is C15H22Cl2N2O.